The number of methoxy groups -OCH3 is 1. The van der Waals surface area contributed by atoms with Gasteiger partial charge in [-0.1, -0.05) is 24.3 Å². The molecule has 3 N–H and O–H groups in total. The molecule has 0 bridgehead atoms. The number of carboxylic acid groups (broad SMARTS) is 1. The summed E-state index contributed by atoms with van der Waals surface area (Å²) in [6.07, 6.45) is -4.92. The molecule has 0 spiro atoms. The van der Waals surface area contributed by atoms with Gasteiger partial charge >= 0.3 is 12.1 Å². The van der Waals surface area contributed by atoms with E-state index < -0.39 is 34.4 Å². The van der Waals surface area contributed by atoms with Crippen molar-refractivity contribution in [2.24, 2.45) is 5.14 Å². The zero-order chi connectivity index (χ0) is 23.0. The molecule has 12 heteroatoms. The first-order chi connectivity index (χ1) is 14.4. The van der Waals surface area contributed by atoms with Crippen LogP contribution < -0.4 is 9.88 Å². The van der Waals surface area contributed by atoms with Crippen LogP contribution in [0, 0.1) is 0 Å². The molecule has 0 aliphatic heterocycles. The Bertz CT molecular complexity index is 1220. The van der Waals surface area contributed by atoms with Crippen molar-refractivity contribution in [2.45, 2.75) is 17.6 Å². The van der Waals surface area contributed by atoms with Crippen LogP contribution in [0.15, 0.2) is 53.4 Å². The van der Waals surface area contributed by atoms with Crippen molar-refractivity contribution in [3.63, 3.8) is 0 Å². The summed E-state index contributed by atoms with van der Waals surface area (Å²) in [7, 11) is -2.61. The maximum atomic E-state index is 14.0. The van der Waals surface area contributed by atoms with E-state index in [1.54, 1.807) is 0 Å². The second kappa shape index (κ2) is 8.04. The number of benzene rings is 2. The Morgan fingerprint density at radius 2 is 1.65 bits per heavy atom. The van der Waals surface area contributed by atoms with Crippen LogP contribution in [0.2, 0.25) is 0 Å². The Balaban J connectivity index is 2.31. The Morgan fingerprint density at radius 3 is 2.10 bits per heavy atom. The highest BCUT2D eigenvalue weighted by Crippen LogP contribution is 2.43. The van der Waals surface area contributed by atoms with Crippen LogP contribution in [0.1, 0.15) is 5.69 Å². The predicted octanol–water partition coefficient (Wildman–Crippen LogP) is 2.98. The number of hydrogen-bond donors (Lipinski definition) is 2. The minimum absolute atomic E-state index is 0.121. The van der Waals surface area contributed by atoms with Gasteiger partial charge in [-0.2, -0.15) is 18.3 Å². The lowest BCUT2D eigenvalue weighted by atomic mass is 9.98. The summed E-state index contributed by atoms with van der Waals surface area (Å²) in [5, 5.41) is 18.0. The number of primary sulfonamides is 1. The average molecular weight is 455 g/mol. The van der Waals surface area contributed by atoms with Crippen LogP contribution in [0.3, 0.4) is 0 Å². The molecule has 2 aromatic carbocycles. The van der Waals surface area contributed by atoms with Crippen LogP contribution in [-0.4, -0.2) is 36.4 Å². The van der Waals surface area contributed by atoms with Gasteiger partial charge in [-0.15, -0.1) is 0 Å². The van der Waals surface area contributed by atoms with Crippen molar-refractivity contribution in [3.8, 4) is 28.1 Å². The quantitative estimate of drug-likeness (QED) is 0.589. The Hall–Kier alpha value is -3.38. The molecule has 0 aliphatic carbocycles. The minimum Gasteiger partial charge on any atom is -0.497 e. The van der Waals surface area contributed by atoms with Gasteiger partial charge in [0.2, 0.25) is 10.0 Å². The lowest BCUT2D eigenvalue weighted by Crippen LogP contribution is -2.19. The van der Waals surface area contributed by atoms with E-state index >= 15 is 0 Å². The molecule has 0 fully saturated rings. The van der Waals surface area contributed by atoms with Gasteiger partial charge in [-0.3, -0.25) is 4.79 Å². The van der Waals surface area contributed by atoms with Gasteiger partial charge in [0.25, 0.3) is 0 Å². The number of rotatable bonds is 6. The highest BCUT2D eigenvalue weighted by atomic mass is 32.2. The number of nitrogens with two attached hydrogens (primary N) is 1. The SMILES string of the molecule is COc1ccc(-c2c(-c3ccc(S(N)(=O)=O)cc3)nn(CC(=O)O)c2C(F)(F)F)cc1. The standard InChI is InChI=1S/C19H16F3N3O5S/c1-30-13-6-2-11(3-7-13)16-17(12-4-8-14(9-5-12)31(23,28)29)24-25(10-15(26)27)18(16)19(20,21)22/h2-9H,10H2,1H3,(H,26,27)(H2,23,28,29). The van der Waals surface area contributed by atoms with E-state index in [2.05, 4.69) is 5.10 Å². The fourth-order valence-electron chi connectivity index (χ4n) is 3.03. The summed E-state index contributed by atoms with van der Waals surface area (Å²) in [4.78, 5) is 10.9. The van der Waals surface area contributed by atoms with Crippen LogP contribution in [-0.2, 0) is 27.5 Å². The highest BCUT2D eigenvalue weighted by molar-refractivity contribution is 7.89. The number of halogens is 3. The number of ether oxygens (including phenoxy) is 1. The monoisotopic (exact) mass is 455 g/mol. The van der Waals surface area contributed by atoms with Gasteiger partial charge < -0.3 is 9.84 Å². The fourth-order valence-corrected chi connectivity index (χ4v) is 3.54. The molecule has 0 aliphatic rings. The van der Waals surface area contributed by atoms with E-state index in [1.165, 1.54) is 43.5 Å². The maximum Gasteiger partial charge on any atom is 0.433 e. The van der Waals surface area contributed by atoms with Crippen LogP contribution >= 0.6 is 0 Å². The predicted molar refractivity (Wildman–Crippen MR) is 104 cm³/mol. The largest absolute Gasteiger partial charge is 0.497 e. The Labute approximate surface area is 174 Å². The number of sulfonamides is 1. The third-order valence-corrected chi connectivity index (χ3v) is 5.27. The number of alkyl halides is 3. The van der Waals surface area contributed by atoms with E-state index in [1.807, 2.05) is 0 Å². The minimum atomic E-state index is -4.92. The lowest BCUT2D eigenvalue weighted by Gasteiger charge is -2.12. The zero-order valence-corrected chi connectivity index (χ0v) is 16.7. The molecule has 8 nitrogen and oxygen atoms in total. The zero-order valence-electron chi connectivity index (χ0n) is 15.9. The second-order valence-corrected chi connectivity index (χ2v) is 7.98. The molecule has 0 radical (unpaired) electrons. The molecule has 3 aromatic rings. The molecule has 1 heterocycles. The van der Waals surface area contributed by atoms with E-state index in [-0.39, 0.29) is 27.3 Å². The number of hydrogen-bond acceptors (Lipinski definition) is 5. The van der Waals surface area contributed by atoms with Crippen LogP contribution in [0.5, 0.6) is 5.75 Å². The van der Waals surface area contributed by atoms with Crippen LogP contribution in [0.25, 0.3) is 22.4 Å². The average Bonchev–Trinajstić information content (AvgIpc) is 3.06. The molecule has 0 saturated heterocycles. The van der Waals surface area contributed by atoms with Crippen molar-refractivity contribution >= 4 is 16.0 Å². The normalized spacial score (nSPS) is 12.0. The van der Waals surface area contributed by atoms with Crippen molar-refractivity contribution < 1.29 is 36.2 Å². The molecule has 0 amide bonds. The van der Waals surface area contributed by atoms with E-state index in [0.717, 1.165) is 12.1 Å². The summed E-state index contributed by atoms with van der Waals surface area (Å²) in [6.45, 7) is -1.02. The molecule has 31 heavy (non-hydrogen) atoms. The molecule has 3 rings (SSSR count). The first kappa shape index (κ1) is 22.3. The molecule has 164 valence electrons. The fraction of sp³-hybridized carbons (Fsp3) is 0.158. The summed E-state index contributed by atoms with van der Waals surface area (Å²) in [5.74, 6) is -1.10. The number of aliphatic carboxylic acids is 1. The molecular formula is C19H16F3N3O5S. The number of carboxylic acids is 1. The summed E-state index contributed by atoms with van der Waals surface area (Å²) < 4.78 is 70.2. The van der Waals surface area contributed by atoms with Gasteiger partial charge in [0.1, 0.15) is 18.0 Å². The second-order valence-electron chi connectivity index (χ2n) is 6.42. The first-order valence-corrected chi connectivity index (χ1v) is 10.1. The number of aromatic nitrogens is 2. The van der Waals surface area contributed by atoms with E-state index in [4.69, 9.17) is 15.0 Å². The molecule has 0 saturated carbocycles. The third kappa shape index (κ3) is 4.70. The van der Waals surface area contributed by atoms with Gasteiger partial charge in [-0.05, 0) is 29.8 Å². The molecule has 0 atom stereocenters. The van der Waals surface area contributed by atoms with E-state index in [0.29, 0.717) is 10.4 Å². The summed E-state index contributed by atoms with van der Waals surface area (Å²) >= 11 is 0. The number of carbonyl (C=O) groups is 1. The smallest absolute Gasteiger partial charge is 0.433 e. The summed E-state index contributed by atoms with van der Waals surface area (Å²) in [5.41, 5.74) is -1.49. The lowest BCUT2D eigenvalue weighted by molar-refractivity contribution is -0.146. The Morgan fingerprint density at radius 1 is 1.10 bits per heavy atom. The summed E-state index contributed by atoms with van der Waals surface area (Å²) in [6, 6.07) is 10.4. The third-order valence-electron chi connectivity index (χ3n) is 4.34. The van der Waals surface area contributed by atoms with Crippen molar-refractivity contribution in [3.05, 3.63) is 54.2 Å². The van der Waals surface area contributed by atoms with Gasteiger partial charge in [0, 0.05) is 11.1 Å². The number of nitrogens with zero attached hydrogens (tertiary/aromatic N) is 2. The highest BCUT2D eigenvalue weighted by Gasteiger charge is 2.41. The van der Waals surface area contributed by atoms with Crippen molar-refractivity contribution in [1.29, 1.82) is 0 Å². The van der Waals surface area contributed by atoms with Crippen molar-refractivity contribution in [1.82, 2.24) is 9.78 Å². The van der Waals surface area contributed by atoms with Gasteiger partial charge in [0.15, 0.2) is 5.69 Å². The first-order valence-electron chi connectivity index (χ1n) is 8.59. The molecule has 1 aromatic heterocycles. The van der Waals surface area contributed by atoms with Gasteiger partial charge in [-0.25, -0.2) is 18.2 Å². The Kier molecular flexibility index (Phi) is 5.79. The maximum absolute atomic E-state index is 14.0. The topological polar surface area (TPSA) is 125 Å². The van der Waals surface area contributed by atoms with Crippen LogP contribution in [0.4, 0.5) is 13.2 Å². The molecule has 0 unspecified atom stereocenters. The molecular weight excluding hydrogens is 439 g/mol. The van der Waals surface area contributed by atoms with Gasteiger partial charge in [0.05, 0.1) is 12.0 Å². The van der Waals surface area contributed by atoms with E-state index in [9.17, 15) is 26.4 Å². The van der Waals surface area contributed by atoms with Crippen molar-refractivity contribution in [2.75, 3.05) is 7.11 Å².